The Bertz CT molecular complexity index is 2040. The summed E-state index contributed by atoms with van der Waals surface area (Å²) in [6.07, 6.45) is -6.70. The van der Waals surface area contributed by atoms with Crippen LogP contribution in [0.4, 0.5) is 4.39 Å². The van der Waals surface area contributed by atoms with Gasteiger partial charge in [0.2, 0.25) is 0 Å². The third-order valence-electron chi connectivity index (χ3n) is 7.94. The average molecular weight is 691 g/mol. The maximum Gasteiger partial charge on any atom is 0.472 e. The van der Waals surface area contributed by atoms with E-state index in [0.29, 0.717) is 0 Å². The van der Waals surface area contributed by atoms with Gasteiger partial charge in [-0.2, -0.15) is 0 Å². The van der Waals surface area contributed by atoms with Crippen LogP contribution >= 0.6 is 14.5 Å². The molecule has 2 aliphatic heterocycles. The van der Waals surface area contributed by atoms with Crippen molar-refractivity contribution in [3.8, 4) is 0 Å². The number of rotatable bonds is 2. The molecule has 23 heteroatoms. The lowest BCUT2D eigenvalue weighted by molar-refractivity contribution is -0.0622. The second-order valence-corrected chi connectivity index (χ2v) is 14.9. The predicted octanol–water partition coefficient (Wildman–Crippen LogP) is -0.682. The lowest BCUT2D eigenvalue weighted by Gasteiger charge is -2.30. The zero-order valence-corrected chi connectivity index (χ0v) is 25.8. The molecule has 3 aliphatic rings. The van der Waals surface area contributed by atoms with E-state index in [1.165, 1.54) is 46.8 Å². The summed E-state index contributed by atoms with van der Waals surface area (Å²) < 4.78 is 61.8. The Morgan fingerprint density at radius 1 is 0.889 bits per heavy atom. The molecule has 10 atom stereocenters. The lowest BCUT2D eigenvalue weighted by Crippen LogP contribution is -2.37. The molecule has 1 aliphatic carbocycles. The van der Waals surface area contributed by atoms with E-state index in [-0.39, 0.29) is 28.7 Å². The van der Waals surface area contributed by atoms with Crippen LogP contribution in [0.5, 0.6) is 0 Å². The highest BCUT2D eigenvalue weighted by Crippen LogP contribution is 2.57. The molecule has 0 radical (unpaired) electrons. The first-order chi connectivity index (χ1) is 21.2. The zero-order valence-electron chi connectivity index (χ0n) is 23.2. The van der Waals surface area contributed by atoms with Crippen molar-refractivity contribution in [1.82, 2.24) is 38.2 Å². The van der Waals surface area contributed by atoms with Crippen molar-refractivity contribution >= 4 is 48.7 Å². The van der Waals surface area contributed by atoms with Crippen LogP contribution in [0.1, 0.15) is 18.7 Å². The molecule has 242 valence electrons. The molecule has 3 N–H and O–H groups in total. The van der Waals surface area contributed by atoms with Gasteiger partial charge in [0.1, 0.15) is 24.4 Å². The minimum absolute atomic E-state index is 0.00864. The van der Waals surface area contributed by atoms with E-state index in [4.69, 9.17) is 34.6 Å². The maximum absolute atomic E-state index is 16.1. The quantitative estimate of drug-likeness (QED) is 0.221. The smallest absolute Gasteiger partial charge is 0.388 e. The van der Waals surface area contributed by atoms with Gasteiger partial charge in [0.15, 0.2) is 34.7 Å². The third kappa shape index (κ3) is 5.21. The molecule has 0 spiro atoms. The van der Waals surface area contributed by atoms with Gasteiger partial charge in [-0.25, -0.2) is 28.9 Å². The Morgan fingerprint density at radius 2 is 1.49 bits per heavy atom. The van der Waals surface area contributed by atoms with Gasteiger partial charge >= 0.3 is 14.5 Å². The Kier molecular flexibility index (Phi) is 7.45. The summed E-state index contributed by atoms with van der Waals surface area (Å²) in [4.78, 5) is 63.2. The lowest BCUT2D eigenvalue weighted by atomic mass is 10.1. The number of phosphoric acid groups is 1. The van der Waals surface area contributed by atoms with Crippen molar-refractivity contribution in [3.63, 3.8) is 0 Å². The summed E-state index contributed by atoms with van der Waals surface area (Å²) >= 11 is 5.21. The number of imidazole rings is 2. The summed E-state index contributed by atoms with van der Waals surface area (Å²) in [5.74, 6) is 0. The molecule has 45 heavy (non-hydrogen) atoms. The Balaban J connectivity index is 1.22. The molecule has 4 aromatic rings. The number of ether oxygens (including phenoxy) is 1. The van der Waals surface area contributed by atoms with Crippen LogP contribution in [-0.2, 0) is 53.3 Å². The first-order valence-electron chi connectivity index (χ1n) is 13.3. The fraction of sp³-hybridized carbons (Fsp3) is 0.545. The molecule has 2 bridgehead atoms. The first kappa shape index (κ1) is 30.8. The van der Waals surface area contributed by atoms with Gasteiger partial charge in [-0.1, -0.05) is 0 Å². The molecule has 3 fully saturated rings. The largest absolute Gasteiger partial charge is 0.472 e. The Morgan fingerprint density at radius 3 is 2.13 bits per heavy atom. The summed E-state index contributed by atoms with van der Waals surface area (Å²) in [5, 5.41) is 11.1. The predicted molar refractivity (Wildman–Crippen MR) is 151 cm³/mol. The normalized spacial score (nSPS) is 37.5. The molecule has 2 saturated heterocycles. The number of aryl methyl sites for hydroxylation is 2. The second kappa shape index (κ2) is 10.9. The van der Waals surface area contributed by atoms with Crippen LogP contribution < -0.4 is 11.1 Å². The van der Waals surface area contributed by atoms with Crippen LogP contribution in [-0.4, -0.2) is 96.4 Å². The van der Waals surface area contributed by atoms with Crippen LogP contribution in [0.3, 0.4) is 0 Å². The number of fused-ring (bicyclic) bond motifs is 5. The minimum Gasteiger partial charge on any atom is -0.388 e. The fourth-order valence-corrected chi connectivity index (χ4v) is 8.52. The number of aliphatic hydroxyl groups excluding tert-OH is 1. The number of hydrogen-bond acceptors (Lipinski definition) is 14. The molecule has 1 saturated carbocycles. The van der Waals surface area contributed by atoms with Gasteiger partial charge in [0.25, 0.3) is 11.1 Å². The van der Waals surface area contributed by atoms with Crippen molar-refractivity contribution in [2.24, 2.45) is 14.1 Å². The number of hydrogen-bond donors (Lipinski definition) is 3. The van der Waals surface area contributed by atoms with Crippen molar-refractivity contribution < 1.29 is 46.7 Å². The number of halogens is 1. The van der Waals surface area contributed by atoms with Gasteiger partial charge in [-0.05, 0) is 11.8 Å². The Hall–Kier alpha value is -2.81. The molecular formula is C22H25FN8O11P2S. The van der Waals surface area contributed by atoms with Crippen LogP contribution in [0.25, 0.3) is 22.3 Å². The molecule has 0 aromatic carbocycles. The topological polar surface area (TPSA) is 229 Å². The molecule has 4 aromatic heterocycles. The van der Waals surface area contributed by atoms with Gasteiger partial charge in [-0.15, -0.1) is 0 Å². The minimum atomic E-state index is -5.02. The fourth-order valence-electron chi connectivity index (χ4n) is 5.76. The van der Waals surface area contributed by atoms with E-state index >= 15 is 4.39 Å². The van der Waals surface area contributed by atoms with Crippen LogP contribution in [0.15, 0.2) is 34.9 Å². The molecule has 2 unspecified atom stereocenters. The highest BCUT2D eigenvalue weighted by Gasteiger charge is 2.54. The van der Waals surface area contributed by atoms with Crippen LogP contribution in [0.2, 0.25) is 0 Å². The summed E-state index contributed by atoms with van der Waals surface area (Å²) in [6, 6.07) is -1.02. The van der Waals surface area contributed by atoms with E-state index in [1.54, 1.807) is 0 Å². The van der Waals surface area contributed by atoms with Gasteiger partial charge < -0.3 is 37.9 Å². The highest BCUT2D eigenvalue weighted by molar-refractivity contribution is 8.07. The van der Waals surface area contributed by atoms with Crippen molar-refractivity contribution in [2.45, 2.75) is 55.4 Å². The van der Waals surface area contributed by atoms with Crippen molar-refractivity contribution in [1.29, 1.82) is 0 Å². The monoisotopic (exact) mass is 690 g/mol. The SMILES string of the molecule is Cn1cnc2c(ncn2[C@@H]2C[C@@H]3OP(O)(=S)O[C@H]4[C@@H](F)[C@H](n5cnc6c(=O)n(C)cnc65)O[C@@H]4COP(=O)(O)O[C@@H]2[C@@H]3O)c1=O. The number of aromatic nitrogens is 8. The van der Waals surface area contributed by atoms with E-state index in [1.807, 2.05) is 0 Å². The molecule has 6 heterocycles. The summed E-state index contributed by atoms with van der Waals surface area (Å²) in [7, 11) is -2.07. The van der Waals surface area contributed by atoms with E-state index < -0.39 is 81.2 Å². The van der Waals surface area contributed by atoms with E-state index in [0.717, 1.165) is 10.9 Å². The van der Waals surface area contributed by atoms with Crippen molar-refractivity contribution in [2.75, 3.05) is 6.61 Å². The summed E-state index contributed by atoms with van der Waals surface area (Å²) in [5.41, 5.74) is -0.949. The third-order valence-corrected chi connectivity index (χ3v) is 10.5. The van der Waals surface area contributed by atoms with Gasteiger partial charge in [0, 0.05) is 20.5 Å². The number of nitrogens with zero attached hydrogens (tertiary/aromatic N) is 8. The van der Waals surface area contributed by atoms with Crippen molar-refractivity contribution in [3.05, 3.63) is 46.0 Å². The molecule has 19 nitrogen and oxygen atoms in total. The first-order valence-corrected chi connectivity index (χ1v) is 17.4. The van der Waals surface area contributed by atoms with Crippen LogP contribution in [0, 0.1) is 0 Å². The van der Waals surface area contributed by atoms with E-state index in [9.17, 15) is 29.0 Å². The standard InChI is InChI=1S/C22H25FN8O11P2S/c1-28-5-26-18-13(20(28)33)24-7-30(18)9-3-10-15(32)16(9)41-43(35,36)38-4-11-17(42-44(37,45)40-10)12(23)22(39-11)31-8-25-14-19(31)27-6-29(2)21(14)34/h5-12,15-17,22,32H,3-4H2,1-2H3,(H,35,36)(H,37,45)/t9-,10+,11-,12-,15-,16+,17-,22-,44?/m1/s1. The Labute approximate surface area is 255 Å². The molecule has 0 amide bonds. The average Bonchev–Trinajstić information content (AvgIpc) is 3.73. The molecule has 7 rings (SSSR count). The number of phosphoric ester groups is 1. The van der Waals surface area contributed by atoms with E-state index in [2.05, 4.69) is 19.9 Å². The number of aliphatic hydroxyl groups is 1. The summed E-state index contributed by atoms with van der Waals surface area (Å²) in [6.45, 7) is -5.17. The number of alkyl halides is 1. The highest BCUT2D eigenvalue weighted by atomic mass is 32.5. The van der Waals surface area contributed by atoms with Gasteiger partial charge in [0.05, 0.1) is 44.1 Å². The zero-order chi connectivity index (χ0) is 32.0. The van der Waals surface area contributed by atoms with Gasteiger partial charge in [-0.3, -0.25) is 27.7 Å². The second-order valence-electron chi connectivity index (χ2n) is 10.8. The molecular weight excluding hydrogens is 665 g/mol. The maximum atomic E-state index is 16.1.